The molecular weight excluding hydrogens is 182 g/mol. The zero-order valence-electron chi connectivity index (χ0n) is 6.68. The summed E-state index contributed by atoms with van der Waals surface area (Å²) in [4.78, 5) is 3.80. The molecule has 0 fully saturated rings. The molecule has 0 bridgehead atoms. The number of nitrogens with two attached hydrogens (primary N) is 1. The van der Waals surface area contributed by atoms with Crippen molar-refractivity contribution in [3.63, 3.8) is 0 Å². The van der Waals surface area contributed by atoms with E-state index in [2.05, 4.69) is 4.98 Å². The summed E-state index contributed by atoms with van der Waals surface area (Å²) < 4.78 is 26.3. The maximum Gasteiger partial charge on any atom is 0.285 e. The summed E-state index contributed by atoms with van der Waals surface area (Å²) >= 11 is 0.980. The lowest BCUT2D eigenvalue weighted by Crippen LogP contribution is -2.18. The highest BCUT2D eigenvalue weighted by Crippen LogP contribution is 2.35. The van der Waals surface area contributed by atoms with Crippen LogP contribution in [0.15, 0.2) is 5.51 Å². The molecule has 0 saturated heterocycles. The van der Waals surface area contributed by atoms with Gasteiger partial charge in [0.15, 0.2) is 0 Å². The Morgan fingerprint density at radius 2 is 2.33 bits per heavy atom. The molecule has 0 aliphatic heterocycles. The van der Waals surface area contributed by atoms with Gasteiger partial charge in [0, 0.05) is 6.42 Å². The fraction of sp³-hybridized carbons (Fsp3) is 0.571. The van der Waals surface area contributed by atoms with Crippen LogP contribution in [-0.2, 0) is 5.92 Å². The maximum atomic E-state index is 13.1. The van der Waals surface area contributed by atoms with E-state index in [-0.39, 0.29) is 17.8 Å². The number of thiazole rings is 1. The van der Waals surface area contributed by atoms with Gasteiger partial charge >= 0.3 is 0 Å². The second kappa shape index (κ2) is 3.45. The molecule has 0 amide bonds. The molecular formula is C7H10F2N2S. The Kier molecular flexibility index (Phi) is 2.74. The van der Waals surface area contributed by atoms with E-state index in [1.54, 1.807) is 6.92 Å². The molecule has 1 rings (SSSR count). The number of rotatable bonds is 3. The second-order valence-corrected chi connectivity index (χ2v) is 3.36. The lowest BCUT2D eigenvalue weighted by molar-refractivity contribution is -0.00761. The van der Waals surface area contributed by atoms with E-state index in [0.717, 1.165) is 11.3 Å². The van der Waals surface area contributed by atoms with E-state index in [1.165, 1.54) is 5.51 Å². The first kappa shape index (κ1) is 9.54. The number of alkyl halides is 2. The van der Waals surface area contributed by atoms with Crippen molar-refractivity contribution < 1.29 is 8.78 Å². The minimum Gasteiger partial charge on any atom is -0.330 e. The minimum absolute atomic E-state index is 0.00958. The first-order chi connectivity index (χ1) is 5.58. The molecule has 0 saturated carbocycles. The monoisotopic (exact) mass is 192 g/mol. The van der Waals surface area contributed by atoms with Gasteiger partial charge in [-0.3, -0.25) is 0 Å². The second-order valence-electron chi connectivity index (χ2n) is 2.51. The first-order valence-corrected chi connectivity index (χ1v) is 4.44. The summed E-state index contributed by atoms with van der Waals surface area (Å²) in [5.41, 5.74) is 6.90. The van der Waals surface area contributed by atoms with Gasteiger partial charge in [-0.05, 0) is 13.5 Å². The highest BCUT2D eigenvalue weighted by molar-refractivity contribution is 7.09. The smallest absolute Gasteiger partial charge is 0.285 e. The Hall–Kier alpha value is -0.550. The molecule has 1 aromatic heterocycles. The van der Waals surface area contributed by atoms with Gasteiger partial charge in [0.1, 0.15) is 0 Å². The Morgan fingerprint density at radius 1 is 1.67 bits per heavy atom. The van der Waals surface area contributed by atoms with E-state index >= 15 is 0 Å². The molecule has 12 heavy (non-hydrogen) atoms. The van der Waals surface area contributed by atoms with Crippen LogP contribution in [0.3, 0.4) is 0 Å². The molecule has 0 aliphatic rings. The predicted octanol–water partition coefficient (Wildman–Crippen LogP) is 1.89. The van der Waals surface area contributed by atoms with Crippen LogP contribution < -0.4 is 5.73 Å². The van der Waals surface area contributed by atoms with E-state index < -0.39 is 5.92 Å². The van der Waals surface area contributed by atoms with Gasteiger partial charge in [-0.15, -0.1) is 11.3 Å². The maximum absolute atomic E-state index is 13.1. The fourth-order valence-electron chi connectivity index (χ4n) is 0.948. The van der Waals surface area contributed by atoms with Crippen LogP contribution in [0.5, 0.6) is 0 Å². The van der Waals surface area contributed by atoms with E-state index in [9.17, 15) is 8.78 Å². The third kappa shape index (κ3) is 1.78. The Bertz CT molecular complexity index is 260. The number of halogens is 2. The SMILES string of the molecule is Cc1ncsc1C(F)(F)CCN. The van der Waals surface area contributed by atoms with Crippen molar-refractivity contribution in [2.75, 3.05) is 6.54 Å². The highest BCUT2D eigenvalue weighted by Gasteiger charge is 2.33. The lowest BCUT2D eigenvalue weighted by atomic mass is 10.2. The van der Waals surface area contributed by atoms with Crippen molar-refractivity contribution in [2.24, 2.45) is 5.73 Å². The van der Waals surface area contributed by atoms with Crippen LogP contribution in [0, 0.1) is 6.92 Å². The largest absolute Gasteiger partial charge is 0.330 e. The normalized spacial score (nSPS) is 12.0. The average molecular weight is 192 g/mol. The predicted molar refractivity (Wildman–Crippen MR) is 44.4 cm³/mol. The number of aryl methyl sites for hydroxylation is 1. The molecule has 0 aliphatic carbocycles. The fourth-order valence-corrected chi connectivity index (χ4v) is 1.76. The van der Waals surface area contributed by atoms with Crippen molar-refractivity contribution in [1.82, 2.24) is 4.98 Å². The summed E-state index contributed by atoms with van der Waals surface area (Å²) in [6, 6.07) is 0. The van der Waals surface area contributed by atoms with Crippen LogP contribution in [-0.4, -0.2) is 11.5 Å². The Labute approximate surface area is 73.4 Å². The Morgan fingerprint density at radius 3 is 2.75 bits per heavy atom. The summed E-state index contributed by atoms with van der Waals surface area (Å²) in [5, 5.41) is 0. The molecule has 1 heterocycles. The van der Waals surface area contributed by atoms with E-state index in [1.807, 2.05) is 0 Å². The minimum atomic E-state index is -2.81. The van der Waals surface area contributed by atoms with E-state index in [0.29, 0.717) is 5.69 Å². The molecule has 68 valence electrons. The van der Waals surface area contributed by atoms with Crippen LogP contribution >= 0.6 is 11.3 Å². The van der Waals surface area contributed by atoms with Gasteiger partial charge < -0.3 is 5.73 Å². The summed E-state index contributed by atoms with van der Waals surface area (Å²) in [6.45, 7) is 1.57. The van der Waals surface area contributed by atoms with Crippen LogP contribution in [0.25, 0.3) is 0 Å². The third-order valence-electron chi connectivity index (χ3n) is 1.54. The van der Waals surface area contributed by atoms with Gasteiger partial charge in [0.2, 0.25) is 0 Å². The van der Waals surface area contributed by atoms with Crippen LogP contribution in [0.4, 0.5) is 8.78 Å². The number of aromatic nitrogens is 1. The zero-order valence-corrected chi connectivity index (χ0v) is 7.50. The van der Waals surface area contributed by atoms with Gasteiger partial charge in [0.25, 0.3) is 5.92 Å². The van der Waals surface area contributed by atoms with Crippen molar-refractivity contribution in [1.29, 1.82) is 0 Å². The van der Waals surface area contributed by atoms with Gasteiger partial charge in [-0.1, -0.05) is 0 Å². The van der Waals surface area contributed by atoms with Gasteiger partial charge in [0.05, 0.1) is 16.1 Å². The van der Waals surface area contributed by atoms with Crippen LogP contribution in [0.2, 0.25) is 0 Å². The summed E-state index contributed by atoms with van der Waals surface area (Å²) in [7, 11) is 0. The standard InChI is InChI=1S/C7H10F2N2S/c1-5-6(12-4-11-5)7(8,9)2-3-10/h4H,2-3,10H2,1H3. The molecule has 0 unspecified atom stereocenters. The van der Waals surface area contributed by atoms with Crippen molar-refractivity contribution in [2.45, 2.75) is 19.3 Å². The first-order valence-electron chi connectivity index (χ1n) is 3.56. The highest BCUT2D eigenvalue weighted by atomic mass is 32.1. The third-order valence-corrected chi connectivity index (χ3v) is 2.58. The number of hydrogen-bond acceptors (Lipinski definition) is 3. The molecule has 2 N–H and O–H groups in total. The van der Waals surface area contributed by atoms with Crippen molar-refractivity contribution >= 4 is 11.3 Å². The zero-order chi connectivity index (χ0) is 9.19. The molecule has 0 aromatic carbocycles. The Balaban J connectivity index is 2.88. The molecule has 5 heteroatoms. The molecule has 2 nitrogen and oxygen atoms in total. The summed E-state index contributed by atoms with van der Waals surface area (Å²) in [6.07, 6.45) is -0.309. The lowest BCUT2D eigenvalue weighted by Gasteiger charge is -2.13. The average Bonchev–Trinajstić information content (AvgIpc) is 2.35. The molecule has 0 spiro atoms. The summed E-state index contributed by atoms with van der Waals surface area (Å²) in [5.74, 6) is -2.81. The van der Waals surface area contributed by atoms with Crippen LogP contribution in [0.1, 0.15) is 17.0 Å². The quantitative estimate of drug-likeness (QED) is 0.794. The number of hydrogen-bond donors (Lipinski definition) is 1. The van der Waals surface area contributed by atoms with Crippen molar-refractivity contribution in [3.8, 4) is 0 Å². The topological polar surface area (TPSA) is 38.9 Å². The van der Waals surface area contributed by atoms with Crippen molar-refractivity contribution in [3.05, 3.63) is 16.1 Å². The molecule has 0 atom stereocenters. The number of nitrogens with zero attached hydrogens (tertiary/aromatic N) is 1. The van der Waals surface area contributed by atoms with Gasteiger partial charge in [-0.2, -0.15) is 0 Å². The molecule has 1 aromatic rings. The van der Waals surface area contributed by atoms with E-state index in [4.69, 9.17) is 5.73 Å². The molecule has 0 radical (unpaired) electrons. The van der Waals surface area contributed by atoms with Gasteiger partial charge in [-0.25, -0.2) is 13.8 Å².